The van der Waals surface area contributed by atoms with Gasteiger partial charge in [-0.25, -0.2) is 0 Å². The van der Waals surface area contributed by atoms with Gasteiger partial charge in [-0.2, -0.15) is 0 Å². The molecule has 1 aromatic carbocycles. The highest BCUT2D eigenvalue weighted by atomic mass is 16.5. The van der Waals surface area contributed by atoms with Crippen molar-refractivity contribution in [3.05, 3.63) is 12.1 Å². The Hall–Kier alpha value is -1.62. The maximum Gasteiger partial charge on any atom is 0.203 e. The van der Waals surface area contributed by atoms with Crippen LogP contribution in [0, 0.1) is 0 Å². The molecular formula is C14H24N2O3. The van der Waals surface area contributed by atoms with E-state index in [1.807, 2.05) is 19.1 Å². The van der Waals surface area contributed by atoms with E-state index in [0.29, 0.717) is 17.2 Å². The molecule has 0 heterocycles. The molecule has 0 aliphatic rings. The van der Waals surface area contributed by atoms with Crippen molar-refractivity contribution in [3.8, 4) is 17.2 Å². The number of methoxy groups -OCH3 is 3. The van der Waals surface area contributed by atoms with Crippen molar-refractivity contribution in [3.63, 3.8) is 0 Å². The van der Waals surface area contributed by atoms with Crippen LogP contribution in [0.5, 0.6) is 17.2 Å². The van der Waals surface area contributed by atoms with Crippen molar-refractivity contribution in [1.82, 2.24) is 0 Å². The molecule has 0 fully saturated rings. The van der Waals surface area contributed by atoms with E-state index in [2.05, 4.69) is 5.32 Å². The van der Waals surface area contributed by atoms with Crippen LogP contribution in [-0.2, 0) is 0 Å². The van der Waals surface area contributed by atoms with Crippen LogP contribution in [0.3, 0.4) is 0 Å². The maximum atomic E-state index is 5.72. The average molecular weight is 268 g/mol. The highest BCUT2D eigenvalue weighted by Crippen LogP contribution is 2.39. The summed E-state index contributed by atoms with van der Waals surface area (Å²) in [6.45, 7) is 2.87. The largest absolute Gasteiger partial charge is 0.493 e. The number of nitrogens with two attached hydrogens (primary N) is 1. The smallest absolute Gasteiger partial charge is 0.203 e. The zero-order chi connectivity index (χ0) is 14.3. The Morgan fingerprint density at radius 2 is 1.68 bits per heavy atom. The zero-order valence-corrected chi connectivity index (χ0v) is 12.2. The molecule has 1 rings (SSSR count). The van der Waals surface area contributed by atoms with Crippen LogP contribution in [0.15, 0.2) is 12.1 Å². The van der Waals surface area contributed by atoms with Crippen molar-refractivity contribution in [2.45, 2.75) is 25.8 Å². The number of nitrogens with one attached hydrogen (secondary N) is 1. The van der Waals surface area contributed by atoms with E-state index in [1.165, 1.54) is 0 Å². The van der Waals surface area contributed by atoms with Crippen molar-refractivity contribution in [2.75, 3.05) is 33.2 Å². The fourth-order valence-corrected chi connectivity index (χ4v) is 1.84. The fraction of sp³-hybridized carbons (Fsp3) is 0.571. The summed E-state index contributed by atoms with van der Waals surface area (Å²) >= 11 is 0. The summed E-state index contributed by atoms with van der Waals surface area (Å²) in [7, 11) is 4.81. The standard InChI is InChI=1S/C14H24N2O3/c1-10(15)6-5-7-16-11-8-12(17-2)14(19-4)13(9-11)18-3/h8-10,16H,5-7,15H2,1-4H3. The second-order valence-electron chi connectivity index (χ2n) is 4.46. The Labute approximate surface area is 115 Å². The molecule has 3 N–H and O–H groups in total. The Balaban J connectivity index is 2.73. The molecular weight excluding hydrogens is 244 g/mol. The summed E-state index contributed by atoms with van der Waals surface area (Å²) in [5, 5.41) is 3.33. The summed E-state index contributed by atoms with van der Waals surface area (Å²) in [6.07, 6.45) is 2.02. The lowest BCUT2D eigenvalue weighted by atomic mass is 10.2. The van der Waals surface area contributed by atoms with E-state index in [9.17, 15) is 0 Å². The quantitative estimate of drug-likeness (QED) is 0.708. The first kappa shape index (κ1) is 15.4. The maximum absolute atomic E-state index is 5.72. The second kappa shape index (κ2) is 7.74. The average Bonchev–Trinajstić information content (AvgIpc) is 2.42. The Morgan fingerprint density at radius 1 is 1.11 bits per heavy atom. The summed E-state index contributed by atoms with van der Waals surface area (Å²) in [5.74, 6) is 1.90. The normalized spacial score (nSPS) is 11.8. The van der Waals surface area contributed by atoms with Crippen LogP contribution < -0.4 is 25.3 Å². The fourth-order valence-electron chi connectivity index (χ4n) is 1.84. The van der Waals surface area contributed by atoms with Gasteiger partial charge in [-0.3, -0.25) is 0 Å². The molecule has 0 saturated carbocycles. The first-order valence-corrected chi connectivity index (χ1v) is 6.41. The van der Waals surface area contributed by atoms with Gasteiger partial charge in [0.05, 0.1) is 21.3 Å². The second-order valence-corrected chi connectivity index (χ2v) is 4.46. The number of rotatable bonds is 8. The summed E-state index contributed by atoms with van der Waals surface area (Å²) in [5.41, 5.74) is 6.66. The summed E-state index contributed by atoms with van der Waals surface area (Å²) in [6, 6.07) is 4.03. The molecule has 5 nitrogen and oxygen atoms in total. The van der Waals surface area contributed by atoms with Gasteiger partial charge in [0, 0.05) is 30.4 Å². The van der Waals surface area contributed by atoms with Crippen LogP contribution in [0.2, 0.25) is 0 Å². The number of anilines is 1. The SMILES string of the molecule is COc1cc(NCCCC(C)N)cc(OC)c1OC. The van der Waals surface area contributed by atoms with Crippen LogP contribution in [0.1, 0.15) is 19.8 Å². The molecule has 19 heavy (non-hydrogen) atoms. The van der Waals surface area contributed by atoms with Gasteiger partial charge in [0.2, 0.25) is 5.75 Å². The highest BCUT2D eigenvalue weighted by Gasteiger charge is 2.12. The minimum absolute atomic E-state index is 0.238. The molecule has 1 unspecified atom stereocenters. The van der Waals surface area contributed by atoms with Crippen LogP contribution >= 0.6 is 0 Å². The van der Waals surface area contributed by atoms with Crippen LogP contribution in [0.4, 0.5) is 5.69 Å². The van der Waals surface area contributed by atoms with E-state index in [-0.39, 0.29) is 6.04 Å². The monoisotopic (exact) mass is 268 g/mol. The topological polar surface area (TPSA) is 65.7 Å². The number of hydrogen-bond acceptors (Lipinski definition) is 5. The lowest BCUT2D eigenvalue weighted by molar-refractivity contribution is 0.324. The molecule has 0 amide bonds. The van der Waals surface area contributed by atoms with Gasteiger partial charge in [0.15, 0.2) is 11.5 Å². The van der Waals surface area contributed by atoms with Crippen molar-refractivity contribution < 1.29 is 14.2 Å². The van der Waals surface area contributed by atoms with E-state index in [4.69, 9.17) is 19.9 Å². The van der Waals surface area contributed by atoms with E-state index in [0.717, 1.165) is 25.1 Å². The lowest BCUT2D eigenvalue weighted by Crippen LogP contribution is -2.16. The van der Waals surface area contributed by atoms with E-state index >= 15 is 0 Å². The number of hydrogen-bond donors (Lipinski definition) is 2. The molecule has 0 aromatic heterocycles. The van der Waals surface area contributed by atoms with Gasteiger partial charge in [0.25, 0.3) is 0 Å². The van der Waals surface area contributed by atoms with Crippen LogP contribution in [-0.4, -0.2) is 33.9 Å². The zero-order valence-electron chi connectivity index (χ0n) is 12.2. The summed E-state index contributed by atoms with van der Waals surface area (Å²) in [4.78, 5) is 0. The Morgan fingerprint density at radius 3 is 2.11 bits per heavy atom. The molecule has 108 valence electrons. The highest BCUT2D eigenvalue weighted by molar-refractivity contribution is 5.62. The van der Waals surface area contributed by atoms with Crippen molar-refractivity contribution in [1.29, 1.82) is 0 Å². The Kier molecular flexibility index (Phi) is 6.29. The molecule has 1 aromatic rings. The molecule has 0 saturated heterocycles. The van der Waals surface area contributed by atoms with Crippen LogP contribution in [0.25, 0.3) is 0 Å². The van der Waals surface area contributed by atoms with Gasteiger partial charge < -0.3 is 25.3 Å². The minimum atomic E-state index is 0.238. The Bertz CT molecular complexity index is 369. The lowest BCUT2D eigenvalue weighted by Gasteiger charge is -2.15. The van der Waals surface area contributed by atoms with Gasteiger partial charge in [-0.1, -0.05) is 0 Å². The van der Waals surface area contributed by atoms with E-state index < -0.39 is 0 Å². The third-order valence-corrected chi connectivity index (χ3v) is 2.83. The number of benzene rings is 1. The predicted octanol–water partition coefficient (Wildman–Crippen LogP) is 2.25. The third kappa shape index (κ3) is 4.52. The molecule has 0 aliphatic carbocycles. The molecule has 1 atom stereocenters. The van der Waals surface area contributed by atoms with Gasteiger partial charge >= 0.3 is 0 Å². The van der Waals surface area contributed by atoms with Crippen molar-refractivity contribution in [2.24, 2.45) is 5.73 Å². The predicted molar refractivity (Wildman–Crippen MR) is 77.5 cm³/mol. The van der Waals surface area contributed by atoms with Gasteiger partial charge in [-0.15, -0.1) is 0 Å². The first-order valence-electron chi connectivity index (χ1n) is 6.41. The minimum Gasteiger partial charge on any atom is -0.493 e. The van der Waals surface area contributed by atoms with Gasteiger partial charge in [-0.05, 0) is 19.8 Å². The first-order chi connectivity index (χ1) is 9.12. The number of ether oxygens (including phenoxy) is 3. The summed E-state index contributed by atoms with van der Waals surface area (Å²) < 4.78 is 15.9. The van der Waals surface area contributed by atoms with Crippen molar-refractivity contribution >= 4 is 5.69 Å². The molecule has 0 radical (unpaired) electrons. The van der Waals surface area contributed by atoms with Gasteiger partial charge in [0.1, 0.15) is 0 Å². The van der Waals surface area contributed by atoms with E-state index in [1.54, 1.807) is 21.3 Å². The molecule has 5 heteroatoms. The molecule has 0 spiro atoms. The molecule has 0 aliphatic heterocycles. The molecule has 0 bridgehead atoms. The third-order valence-electron chi connectivity index (χ3n) is 2.83.